The van der Waals surface area contributed by atoms with Gasteiger partial charge in [0.25, 0.3) is 5.69 Å². The van der Waals surface area contributed by atoms with E-state index >= 15 is 0 Å². The molecule has 0 radical (unpaired) electrons. The molecule has 0 aromatic heterocycles. The van der Waals surface area contributed by atoms with E-state index in [9.17, 15) is 10.1 Å². The summed E-state index contributed by atoms with van der Waals surface area (Å²) in [6.45, 7) is 2.47. The van der Waals surface area contributed by atoms with Crippen LogP contribution in [0.15, 0.2) is 42.5 Å². The standard InChI is InChI=1S/C15H16N2O3/c1-11-14(17(18)19)4-3-5-15(11)20-13-8-6-12(7-9-13)10-16-2/h3-9,16H,10H2,1-2H3. The van der Waals surface area contributed by atoms with Crippen molar-refractivity contribution < 1.29 is 9.66 Å². The first-order valence-corrected chi connectivity index (χ1v) is 6.27. The largest absolute Gasteiger partial charge is 0.457 e. The summed E-state index contributed by atoms with van der Waals surface area (Å²) in [5.74, 6) is 1.16. The summed E-state index contributed by atoms with van der Waals surface area (Å²) in [5, 5.41) is 14.0. The zero-order chi connectivity index (χ0) is 14.5. The van der Waals surface area contributed by atoms with Crippen LogP contribution in [0, 0.1) is 17.0 Å². The molecule has 0 bridgehead atoms. The molecule has 0 fully saturated rings. The molecular weight excluding hydrogens is 256 g/mol. The average molecular weight is 272 g/mol. The van der Waals surface area contributed by atoms with Gasteiger partial charge in [-0.1, -0.05) is 18.2 Å². The topological polar surface area (TPSA) is 64.4 Å². The number of rotatable bonds is 5. The monoisotopic (exact) mass is 272 g/mol. The van der Waals surface area contributed by atoms with Gasteiger partial charge in [0, 0.05) is 12.6 Å². The van der Waals surface area contributed by atoms with Crippen molar-refractivity contribution in [2.75, 3.05) is 7.05 Å². The molecule has 0 saturated carbocycles. The summed E-state index contributed by atoms with van der Waals surface area (Å²) >= 11 is 0. The summed E-state index contributed by atoms with van der Waals surface area (Å²) in [6.07, 6.45) is 0. The molecule has 0 amide bonds. The molecule has 0 aliphatic rings. The zero-order valence-electron chi connectivity index (χ0n) is 11.4. The van der Waals surface area contributed by atoms with Gasteiger partial charge in [-0.3, -0.25) is 10.1 Å². The molecule has 0 spiro atoms. The molecule has 0 unspecified atom stereocenters. The smallest absolute Gasteiger partial charge is 0.276 e. The van der Waals surface area contributed by atoms with Gasteiger partial charge in [-0.25, -0.2) is 0 Å². The summed E-state index contributed by atoms with van der Waals surface area (Å²) in [7, 11) is 1.89. The maximum Gasteiger partial charge on any atom is 0.276 e. The molecule has 0 atom stereocenters. The lowest BCUT2D eigenvalue weighted by Gasteiger charge is -2.09. The molecule has 2 aromatic carbocycles. The van der Waals surface area contributed by atoms with Gasteiger partial charge in [-0.2, -0.15) is 0 Å². The molecule has 104 valence electrons. The van der Waals surface area contributed by atoms with Crippen molar-refractivity contribution in [2.45, 2.75) is 13.5 Å². The summed E-state index contributed by atoms with van der Waals surface area (Å²) in [4.78, 5) is 10.5. The highest BCUT2D eigenvalue weighted by Crippen LogP contribution is 2.30. The van der Waals surface area contributed by atoms with Crippen LogP contribution >= 0.6 is 0 Å². The number of hydrogen-bond donors (Lipinski definition) is 1. The first-order valence-electron chi connectivity index (χ1n) is 6.27. The summed E-state index contributed by atoms with van der Waals surface area (Å²) in [5.41, 5.74) is 1.74. The van der Waals surface area contributed by atoms with Crippen molar-refractivity contribution in [3.63, 3.8) is 0 Å². The molecule has 0 aliphatic heterocycles. The van der Waals surface area contributed by atoms with Crippen LogP contribution in [0.3, 0.4) is 0 Å². The maximum atomic E-state index is 10.9. The highest BCUT2D eigenvalue weighted by atomic mass is 16.6. The van der Waals surface area contributed by atoms with Crippen molar-refractivity contribution in [3.05, 3.63) is 63.7 Å². The van der Waals surface area contributed by atoms with Crippen LogP contribution in [0.2, 0.25) is 0 Å². The fourth-order valence-corrected chi connectivity index (χ4v) is 1.92. The maximum absolute atomic E-state index is 10.9. The lowest BCUT2D eigenvalue weighted by Crippen LogP contribution is -2.04. The fraction of sp³-hybridized carbons (Fsp3) is 0.200. The number of nitrogens with one attached hydrogen (secondary N) is 1. The Morgan fingerprint density at radius 2 is 1.90 bits per heavy atom. The van der Waals surface area contributed by atoms with E-state index in [1.807, 2.05) is 31.3 Å². The lowest BCUT2D eigenvalue weighted by molar-refractivity contribution is -0.385. The number of nitrogens with zero attached hydrogens (tertiary/aromatic N) is 1. The number of hydrogen-bond acceptors (Lipinski definition) is 4. The van der Waals surface area contributed by atoms with Crippen molar-refractivity contribution in [3.8, 4) is 11.5 Å². The molecule has 0 heterocycles. The Hall–Kier alpha value is -2.40. The number of nitro benzene ring substituents is 1. The predicted molar refractivity (Wildman–Crippen MR) is 77.1 cm³/mol. The van der Waals surface area contributed by atoms with E-state index in [2.05, 4.69) is 5.32 Å². The minimum Gasteiger partial charge on any atom is -0.457 e. The molecule has 2 aromatic rings. The highest BCUT2D eigenvalue weighted by Gasteiger charge is 2.14. The number of ether oxygens (including phenoxy) is 1. The Bertz CT molecular complexity index is 609. The van der Waals surface area contributed by atoms with Gasteiger partial charge in [0.05, 0.1) is 10.5 Å². The van der Waals surface area contributed by atoms with Crippen LogP contribution in [-0.2, 0) is 6.54 Å². The lowest BCUT2D eigenvalue weighted by atomic mass is 10.2. The first-order chi connectivity index (χ1) is 9.61. The Morgan fingerprint density at radius 1 is 1.20 bits per heavy atom. The van der Waals surface area contributed by atoms with Crippen LogP contribution in [0.4, 0.5) is 5.69 Å². The molecule has 5 nitrogen and oxygen atoms in total. The van der Waals surface area contributed by atoms with Crippen molar-refractivity contribution >= 4 is 5.69 Å². The molecule has 2 rings (SSSR count). The average Bonchev–Trinajstić information content (AvgIpc) is 2.43. The summed E-state index contributed by atoms with van der Waals surface area (Å²) in [6, 6.07) is 12.4. The van der Waals surface area contributed by atoms with Gasteiger partial charge in [0.2, 0.25) is 0 Å². The van der Waals surface area contributed by atoms with Gasteiger partial charge < -0.3 is 10.1 Å². The molecule has 5 heteroatoms. The van der Waals surface area contributed by atoms with Gasteiger partial charge in [-0.05, 0) is 37.7 Å². The van der Waals surface area contributed by atoms with E-state index in [0.717, 1.165) is 12.1 Å². The van der Waals surface area contributed by atoms with Crippen LogP contribution in [0.1, 0.15) is 11.1 Å². The van der Waals surface area contributed by atoms with Gasteiger partial charge in [0.15, 0.2) is 0 Å². The minimum atomic E-state index is -0.405. The number of nitro groups is 1. The normalized spacial score (nSPS) is 10.3. The molecule has 1 N–H and O–H groups in total. The van der Waals surface area contributed by atoms with E-state index in [0.29, 0.717) is 17.1 Å². The van der Waals surface area contributed by atoms with Gasteiger partial charge >= 0.3 is 0 Å². The summed E-state index contributed by atoms with van der Waals surface area (Å²) < 4.78 is 5.71. The van der Waals surface area contributed by atoms with Gasteiger partial charge in [0.1, 0.15) is 11.5 Å². The fourth-order valence-electron chi connectivity index (χ4n) is 1.92. The van der Waals surface area contributed by atoms with Crippen LogP contribution in [-0.4, -0.2) is 12.0 Å². The molecular formula is C15H16N2O3. The number of benzene rings is 2. The van der Waals surface area contributed by atoms with E-state index in [4.69, 9.17) is 4.74 Å². The third kappa shape index (κ3) is 3.13. The third-order valence-electron chi connectivity index (χ3n) is 2.98. The Balaban J connectivity index is 2.21. The SMILES string of the molecule is CNCc1ccc(Oc2cccc([N+](=O)[O-])c2C)cc1. The zero-order valence-corrected chi connectivity index (χ0v) is 11.4. The second-order valence-electron chi connectivity index (χ2n) is 4.43. The van der Waals surface area contributed by atoms with Crippen LogP contribution in [0.25, 0.3) is 0 Å². The Kier molecular flexibility index (Phi) is 4.32. The Labute approximate surface area is 117 Å². The molecule has 0 saturated heterocycles. The van der Waals surface area contributed by atoms with E-state index < -0.39 is 4.92 Å². The van der Waals surface area contributed by atoms with E-state index in [-0.39, 0.29) is 5.69 Å². The van der Waals surface area contributed by atoms with Crippen molar-refractivity contribution in [1.29, 1.82) is 0 Å². The van der Waals surface area contributed by atoms with Crippen LogP contribution < -0.4 is 10.1 Å². The van der Waals surface area contributed by atoms with Crippen molar-refractivity contribution in [2.24, 2.45) is 0 Å². The second-order valence-corrected chi connectivity index (χ2v) is 4.43. The van der Waals surface area contributed by atoms with Crippen molar-refractivity contribution in [1.82, 2.24) is 5.32 Å². The highest BCUT2D eigenvalue weighted by molar-refractivity contribution is 5.49. The predicted octanol–water partition coefficient (Wildman–Crippen LogP) is 3.41. The molecule has 0 aliphatic carbocycles. The van der Waals surface area contributed by atoms with Gasteiger partial charge in [-0.15, -0.1) is 0 Å². The first kappa shape index (κ1) is 14.0. The second kappa shape index (κ2) is 6.16. The third-order valence-corrected chi connectivity index (χ3v) is 2.98. The molecule has 20 heavy (non-hydrogen) atoms. The van der Waals surface area contributed by atoms with Crippen LogP contribution in [0.5, 0.6) is 11.5 Å². The Morgan fingerprint density at radius 3 is 2.50 bits per heavy atom. The quantitative estimate of drug-likeness (QED) is 0.669. The van der Waals surface area contributed by atoms with E-state index in [1.54, 1.807) is 19.1 Å². The minimum absolute atomic E-state index is 0.0642. The van der Waals surface area contributed by atoms with E-state index in [1.165, 1.54) is 6.07 Å².